The van der Waals surface area contributed by atoms with Gasteiger partial charge in [-0.25, -0.2) is 0 Å². The van der Waals surface area contributed by atoms with Gasteiger partial charge in [-0.15, -0.1) is 13.2 Å². The normalized spacial score (nSPS) is 23.8. The third-order valence-corrected chi connectivity index (χ3v) is 10.8. The van der Waals surface area contributed by atoms with Gasteiger partial charge in [0.1, 0.15) is 8.07 Å². The lowest BCUT2D eigenvalue weighted by Crippen LogP contribution is -2.32. The molecular formula is C30H36Si. The van der Waals surface area contributed by atoms with Gasteiger partial charge in [0.2, 0.25) is 0 Å². The average molecular weight is 425 g/mol. The van der Waals surface area contributed by atoms with E-state index in [2.05, 4.69) is 87.0 Å². The molecule has 31 heavy (non-hydrogen) atoms. The molecular weight excluding hydrogens is 388 g/mol. The van der Waals surface area contributed by atoms with Crippen molar-refractivity contribution >= 4 is 8.07 Å². The first-order chi connectivity index (χ1) is 15.1. The molecule has 4 aliphatic rings. The van der Waals surface area contributed by atoms with Crippen molar-refractivity contribution in [2.24, 2.45) is 11.8 Å². The molecule has 0 radical (unpaired) electrons. The molecule has 2 atom stereocenters. The van der Waals surface area contributed by atoms with Crippen LogP contribution in [0.4, 0.5) is 0 Å². The second kappa shape index (κ2) is 9.40. The predicted molar refractivity (Wildman–Crippen MR) is 139 cm³/mol. The standard InChI is InChI=1S/C30H36Si/c1-5-7-9-15-23-21-29(27-19-13-11-17-25(23)27)31(3,4)30-22-24(16-10-8-6-2)26-18-12-14-20-28(26)30/h5-6,11-14,17-22,25-26H,1-2,7-10,15-16H2,3-4H3. The maximum absolute atomic E-state index is 3.91. The third kappa shape index (κ3) is 4.21. The molecule has 0 N–H and O–H groups in total. The van der Waals surface area contributed by atoms with E-state index >= 15 is 0 Å². The monoisotopic (exact) mass is 424 g/mol. The van der Waals surface area contributed by atoms with Crippen LogP contribution in [0.3, 0.4) is 0 Å². The summed E-state index contributed by atoms with van der Waals surface area (Å²) < 4.78 is 0. The first-order valence-electron chi connectivity index (χ1n) is 11.9. The van der Waals surface area contributed by atoms with Crippen molar-refractivity contribution in [3.8, 4) is 0 Å². The van der Waals surface area contributed by atoms with Crippen molar-refractivity contribution in [3.63, 3.8) is 0 Å². The fraction of sp³-hybridized carbons (Fsp3) is 0.333. The average Bonchev–Trinajstić information content (AvgIpc) is 3.34. The van der Waals surface area contributed by atoms with Gasteiger partial charge in [-0.05, 0) is 49.7 Å². The highest BCUT2D eigenvalue weighted by Crippen LogP contribution is 2.48. The Kier molecular flexibility index (Phi) is 6.62. The summed E-state index contributed by atoms with van der Waals surface area (Å²) in [6.07, 6.45) is 34.7. The van der Waals surface area contributed by atoms with Crippen LogP contribution in [-0.4, -0.2) is 8.07 Å². The van der Waals surface area contributed by atoms with Crippen LogP contribution in [0.5, 0.6) is 0 Å². The summed E-state index contributed by atoms with van der Waals surface area (Å²) in [6, 6.07) is 0. The summed E-state index contributed by atoms with van der Waals surface area (Å²) in [6.45, 7) is 12.9. The van der Waals surface area contributed by atoms with Crippen LogP contribution in [-0.2, 0) is 0 Å². The van der Waals surface area contributed by atoms with Crippen LogP contribution in [0, 0.1) is 11.8 Å². The van der Waals surface area contributed by atoms with E-state index in [1.165, 1.54) is 25.7 Å². The van der Waals surface area contributed by atoms with Crippen molar-refractivity contribution in [3.05, 3.63) is 119 Å². The van der Waals surface area contributed by atoms with Crippen molar-refractivity contribution in [2.45, 2.75) is 51.6 Å². The zero-order valence-corrected chi connectivity index (χ0v) is 20.2. The number of allylic oxidation sites excluding steroid dienone is 18. The zero-order chi connectivity index (χ0) is 21.8. The van der Waals surface area contributed by atoms with E-state index in [-0.39, 0.29) is 0 Å². The maximum Gasteiger partial charge on any atom is 0.113 e. The maximum atomic E-state index is 3.91. The van der Waals surface area contributed by atoms with Crippen LogP contribution >= 0.6 is 0 Å². The molecule has 0 aromatic carbocycles. The Balaban J connectivity index is 1.70. The predicted octanol–water partition coefficient (Wildman–Crippen LogP) is 8.44. The molecule has 4 aliphatic carbocycles. The van der Waals surface area contributed by atoms with Gasteiger partial charge >= 0.3 is 0 Å². The molecule has 0 saturated heterocycles. The van der Waals surface area contributed by atoms with Gasteiger partial charge in [0.15, 0.2) is 0 Å². The van der Waals surface area contributed by atoms with E-state index < -0.39 is 8.07 Å². The lowest BCUT2D eigenvalue weighted by molar-refractivity contribution is 0.767. The minimum atomic E-state index is -1.84. The van der Waals surface area contributed by atoms with Crippen LogP contribution in [0.1, 0.15) is 38.5 Å². The second-order valence-electron chi connectivity index (χ2n) is 9.61. The van der Waals surface area contributed by atoms with Crippen LogP contribution < -0.4 is 0 Å². The van der Waals surface area contributed by atoms with Crippen LogP contribution in [0.25, 0.3) is 0 Å². The molecule has 0 fully saturated rings. The summed E-state index contributed by atoms with van der Waals surface area (Å²) in [5.41, 5.74) is 6.31. The molecule has 0 saturated carbocycles. The molecule has 4 rings (SSSR count). The van der Waals surface area contributed by atoms with Gasteiger partial charge in [-0.3, -0.25) is 0 Å². The number of hydrogen-bond donors (Lipinski definition) is 0. The largest absolute Gasteiger partial charge is 0.113 e. The Bertz CT molecular complexity index is 917. The highest BCUT2D eigenvalue weighted by molar-refractivity contribution is 6.92. The quantitative estimate of drug-likeness (QED) is 0.187. The molecule has 0 amide bonds. The van der Waals surface area contributed by atoms with E-state index in [4.69, 9.17) is 0 Å². The summed E-state index contributed by atoms with van der Waals surface area (Å²) in [5, 5.41) is 3.28. The van der Waals surface area contributed by atoms with Gasteiger partial charge in [0, 0.05) is 11.8 Å². The topological polar surface area (TPSA) is 0 Å². The van der Waals surface area contributed by atoms with E-state index in [9.17, 15) is 0 Å². The van der Waals surface area contributed by atoms with Crippen molar-refractivity contribution in [2.75, 3.05) is 0 Å². The van der Waals surface area contributed by atoms with E-state index in [1.54, 1.807) is 32.7 Å². The SMILES string of the molecule is C=CCCCC1=CC([Si](C)(C)C2=C3C=CC=CC3C(CCCC=C)=C2)=C2C=CC=CC12. The lowest BCUT2D eigenvalue weighted by Gasteiger charge is -2.28. The van der Waals surface area contributed by atoms with E-state index in [0.717, 1.165) is 12.8 Å². The fourth-order valence-corrected chi connectivity index (χ4v) is 8.85. The van der Waals surface area contributed by atoms with Crippen molar-refractivity contribution in [1.29, 1.82) is 0 Å². The first-order valence-corrected chi connectivity index (χ1v) is 14.9. The van der Waals surface area contributed by atoms with Gasteiger partial charge in [-0.1, -0.05) is 108 Å². The summed E-state index contributed by atoms with van der Waals surface area (Å²) in [4.78, 5) is 0. The van der Waals surface area contributed by atoms with Crippen molar-refractivity contribution < 1.29 is 0 Å². The molecule has 0 aromatic rings. The molecule has 0 nitrogen and oxygen atoms in total. The molecule has 1 heteroatoms. The summed E-state index contributed by atoms with van der Waals surface area (Å²) in [7, 11) is -1.84. The number of fused-ring (bicyclic) bond motifs is 2. The van der Waals surface area contributed by atoms with E-state index in [0.29, 0.717) is 11.8 Å². The molecule has 2 unspecified atom stereocenters. The molecule has 0 aliphatic heterocycles. The Labute approximate surface area is 190 Å². The van der Waals surface area contributed by atoms with Gasteiger partial charge in [-0.2, -0.15) is 0 Å². The number of rotatable bonds is 10. The molecule has 0 spiro atoms. The highest BCUT2D eigenvalue weighted by Gasteiger charge is 2.40. The minimum absolute atomic E-state index is 0.484. The number of hydrogen-bond acceptors (Lipinski definition) is 0. The third-order valence-electron chi connectivity index (χ3n) is 7.23. The van der Waals surface area contributed by atoms with Crippen LogP contribution in [0.15, 0.2) is 119 Å². The summed E-state index contributed by atoms with van der Waals surface area (Å²) in [5.74, 6) is 0.967. The van der Waals surface area contributed by atoms with E-state index in [1.807, 2.05) is 12.2 Å². The second-order valence-corrected chi connectivity index (χ2v) is 13.9. The fourth-order valence-electron chi connectivity index (χ4n) is 5.55. The highest BCUT2D eigenvalue weighted by atomic mass is 28.3. The van der Waals surface area contributed by atoms with Crippen LogP contribution in [0.2, 0.25) is 13.1 Å². The summed E-state index contributed by atoms with van der Waals surface area (Å²) >= 11 is 0. The molecule has 0 heterocycles. The Morgan fingerprint density at radius 1 is 0.742 bits per heavy atom. The van der Waals surface area contributed by atoms with Gasteiger partial charge in [0.05, 0.1) is 0 Å². The molecule has 160 valence electrons. The molecule has 0 bridgehead atoms. The first kappa shape index (κ1) is 21.8. The zero-order valence-electron chi connectivity index (χ0n) is 19.2. The lowest BCUT2D eigenvalue weighted by atomic mass is 9.89. The number of unbranched alkanes of at least 4 members (excludes halogenated alkanes) is 2. The smallest absolute Gasteiger partial charge is 0.103 e. The van der Waals surface area contributed by atoms with Crippen molar-refractivity contribution in [1.82, 2.24) is 0 Å². The Morgan fingerprint density at radius 2 is 1.19 bits per heavy atom. The Morgan fingerprint density at radius 3 is 1.61 bits per heavy atom. The van der Waals surface area contributed by atoms with Gasteiger partial charge < -0.3 is 0 Å². The van der Waals surface area contributed by atoms with Gasteiger partial charge in [0.25, 0.3) is 0 Å². The minimum Gasteiger partial charge on any atom is -0.103 e. The molecule has 0 aromatic heterocycles. The Hall–Kier alpha value is -2.38.